The molecule has 0 aliphatic rings. The van der Waals surface area contributed by atoms with E-state index in [2.05, 4.69) is 4.72 Å². The largest absolute Gasteiger partial charge is 0.423 e. The monoisotopic (exact) mass is 454 g/mol. The zero-order valence-corrected chi connectivity index (χ0v) is 17.1. The molecule has 0 radical (unpaired) electrons. The summed E-state index contributed by atoms with van der Waals surface area (Å²) in [6.45, 7) is 0. The molecule has 0 fully saturated rings. The molecule has 0 aliphatic heterocycles. The summed E-state index contributed by atoms with van der Waals surface area (Å²) in [7, 11) is -8.73. The lowest BCUT2D eigenvalue weighted by Crippen LogP contribution is -2.29. The highest BCUT2D eigenvalue weighted by Crippen LogP contribution is 2.55. The molecular formula is C17H15N2O7PS2. The van der Waals surface area contributed by atoms with Crippen molar-refractivity contribution < 1.29 is 27.3 Å². The SMILES string of the molecule is O=[N+]([O-])c1ccc(OP(=O)(O)C(NS(=O)(=O)c2cccs2)c2ccccc2)cc1. The maximum absolute atomic E-state index is 13.0. The van der Waals surface area contributed by atoms with Crippen molar-refractivity contribution in [2.45, 2.75) is 9.99 Å². The van der Waals surface area contributed by atoms with Gasteiger partial charge in [-0.2, -0.15) is 4.72 Å². The Morgan fingerprint density at radius 3 is 2.28 bits per heavy atom. The standard InChI is InChI=1S/C17H15N2O7PS2/c20-19(21)14-8-10-15(11-9-14)26-27(22,23)17(13-5-2-1-3-6-13)18-29(24,25)16-7-4-12-28-16/h1-12,17-18H,(H,22,23). The summed E-state index contributed by atoms with van der Waals surface area (Å²) in [4.78, 5) is 20.7. The number of sulfonamides is 1. The summed E-state index contributed by atoms with van der Waals surface area (Å²) < 4.78 is 45.7. The number of rotatable bonds is 8. The van der Waals surface area contributed by atoms with Crippen LogP contribution in [0.25, 0.3) is 0 Å². The van der Waals surface area contributed by atoms with Crippen LogP contribution in [0.4, 0.5) is 5.69 Å². The van der Waals surface area contributed by atoms with Gasteiger partial charge in [0.05, 0.1) is 4.92 Å². The van der Waals surface area contributed by atoms with Gasteiger partial charge in [0.25, 0.3) is 15.7 Å². The lowest BCUT2D eigenvalue weighted by atomic mass is 10.2. The van der Waals surface area contributed by atoms with Crippen LogP contribution in [0.2, 0.25) is 0 Å². The molecule has 0 aliphatic carbocycles. The van der Waals surface area contributed by atoms with Crippen LogP contribution in [0.15, 0.2) is 76.3 Å². The summed E-state index contributed by atoms with van der Waals surface area (Å²) in [5.41, 5.74) is 0.00325. The minimum Gasteiger partial charge on any atom is -0.423 e. The molecule has 1 aromatic heterocycles. The lowest BCUT2D eigenvalue weighted by molar-refractivity contribution is -0.384. The first-order valence-electron chi connectivity index (χ1n) is 8.06. The molecule has 2 N–H and O–H groups in total. The minimum absolute atomic E-state index is 0.0197. The van der Waals surface area contributed by atoms with Crippen molar-refractivity contribution in [1.82, 2.24) is 4.72 Å². The number of thiophene rings is 1. The van der Waals surface area contributed by atoms with E-state index >= 15 is 0 Å². The Kier molecular flexibility index (Phi) is 6.15. The third kappa shape index (κ3) is 5.08. The predicted molar refractivity (Wildman–Crippen MR) is 107 cm³/mol. The normalized spacial score (nSPS) is 14.7. The first-order valence-corrected chi connectivity index (χ1v) is 12.1. The molecule has 3 aromatic rings. The third-order valence-corrected chi connectivity index (χ3v) is 8.30. The highest BCUT2D eigenvalue weighted by Gasteiger charge is 2.39. The Morgan fingerprint density at radius 2 is 1.72 bits per heavy atom. The van der Waals surface area contributed by atoms with Crippen molar-refractivity contribution in [1.29, 1.82) is 0 Å². The van der Waals surface area contributed by atoms with Crippen molar-refractivity contribution in [3.63, 3.8) is 0 Å². The second kappa shape index (κ2) is 8.44. The molecule has 0 amide bonds. The van der Waals surface area contributed by atoms with E-state index in [1.54, 1.807) is 29.6 Å². The molecule has 152 valence electrons. The summed E-state index contributed by atoms with van der Waals surface area (Å²) in [6.07, 6.45) is 0. The molecule has 29 heavy (non-hydrogen) atoms. The molecule has 0 saturated carbocycles. The van der Waals surface area contributed by atoms with E-state index in [-0.39, 0.29) is 21.2 Å². The molecule has 12 heteroatoms. The van der Waals surface area contributed by atoms with Gasteiger partial charge in [-0.3, -0.25) is 10.1 Å². The zero-order valence-electron chi connectivity index (χ0n) is 14.6. The van der Waals surface area contributed by atoms with Crippen molar-refractivity contribution in [3.8, 4) is 5.75 Å². The molecule has 2 unspecified atom stereocenters. The van der Waals surface area contributed by atoms with E-state index in [1.807, 2.05) is 0 Å². The molecule has 0 bridgehead atoms. The van der Waals surface area contributed by atoms with Crippen LogP contribution in [0.3, 0.4) is 0 Å². The fourth-order valence-electron chi connectivity index (χ4n) is 2.41. The van der Waals surface area contributed by atoms with Gasteiger partial charge in [0.2, 0.25) is 0 Å². The molecule has 0 spiro atoms. The van der Waals surface area contributed by atoms with Crippen LogP contribution >= 0.6 is 18.9 Å². The molecule has 9 nitrogen and oxygen atoms in total. The van der Waals surface area contributed by atoms with E-state index in [9.17, 15) is 28.0 Å². The second-order valence-corrected chi connectivity index (χ2v) is 10.5. The fraction of sp³-hybridized carbons (Fsp3) is 0.0588. The summed E-state index contributed by atoms with van der Waals surface area (Å²) in [5, 5.41) is 12.3. The second-order valence-electron chi connectivity index (χ2n) is 5.77. The van der Waals surface area contributed by atoms with Crippen LogP contribution in [0.1, 0.15) is 11.3 Å². The van der Waals surface area contributed by atoms with Crippen LogP contribution in [0.5, 0.6) is 5.75 Å². The van der Waals surface area contributed by atoms with E-state index in [0.717, 1.165) is 35.6 Å². The zero-order chi connectivity index (χ0) is 21.1. The Morgan fingerprint density at radius 1 is 1.07 bits per heavy atom. The smallest absolute Gasteiger partial charge is 0.398 e. The molecule has 2 aromatic carbocycles. The maximum Gasteiger partial charge on any atom is 0.398 e. The quantitative estimate of drug-likeness (QED) is 0.299. The van der Waals surface area contributed by atoms with Gasteiger partial charge in [-0.15, -0.1) is 11.3 Å². The number of hydrogen-bond donors (Lipinski definition) is 2. The average molecular weight is 454 g/mol. The highest BCUT2D eigenvalue weighted by molar-refractivity contribution is 7.91. The summed E-state index contributed by atoms with van der Waals surface area (Å²) in [5.74, 6) is -1.70. The lowest BCUT2D eigenvalue weighted by Gasteiger charge is -2.24. The number of nitrogens with zero attached hydrogens (tertiary/aromatic N) is 1. The summed E-state index contributed by atoms with van der Waals surface area (Å²) >= 11 is 0.960. The van der Waals surface area contributed by atoms with Gasteiger partial charge in [0.1, 0.15) is 9.96 Å². The number of nitrogens with one attached hydrogen (secondary N) is 1. The molecule has 1 heterocycles. The van der Waals surface area contributed by atoms with E-state index in [4.69, 9.17) is 4.52 Å². The first kappa shape index (κ1) is 21.2. The van der Waals surface area contributed by atoms with E-state index in [1.165, 1.54) is 18.2 Å². The Bertz CT molecular complexity index is 1130. The first-order chi connectivity index (χ1) is 13.7. The van der Waals surface area contributed by atoms with Crippen LogP contribution in [-0.4, -0.2) is 18.2 Å². The Balaban J connectivity index is 1.94. The maximum atomic E-state index is 13.0. The highest BCUT2D eigenvalue weighted by atomic mass is 32.2. The van der Waals surface area contributed by atoms with Gasteiger partial charge in [-0.05, 0) is 29.1 Å². The summed E-state index contributed by atoms with van der Waals surface area (Å²) in [6, 6.07) is 15.3. The number of benzene rings is 2. The molecule has 2 atom stereocenters. The van der Waals surface area contributed by atoms with Crippen molar-refractivity contribution >= 4 is 34.6 Å². The van der Waals surface area contributed by atoms with Gasteiger partial charge in [-0.1, -0.05) is 36.4 Å². The van der Waals surface area contributed by atoms with Crippen molar-refractivity contribution in [2.75, 3.05) is 0 Å². The van der Waals surface area contributed by atoms with Crippen molar-refractivity contribution in [3.05, 3.63) is 87.8 Å². The average Bonchev–Trinajstić information content (AvgIpc) is 3.23. The van der Waals surface area contributed by atoms with Gasteiger partial charge >= 0.3 is 7.60 Å². The topological polar surface area (TPSA) is 136 Å². The van der Waals surface area contributed by atoms with Crippen LogP contribution < -0.4 is 9.25 Å². The van der Waals surface area contributed by atoms with Gasteiger partial charge in [0.15, 0.2) is 5.78 Å². The number of hydrogen-bond acceptors (Lipinski definition) is 7. The van der Waals surface area contributed by atoms with Crippen molar-refractivity contribution in [2.24, 2.45) is 0 Å². The fourth-order valence-corrected chi connectivity index (χ4v) is 6.51. The predicted octanol–water partition coefficient (Wildman–Crippen LogP) is 3.90. The number of nitro groups is 1. The third-order valence-electron chi connectivity index (χ3n) is 3.75. The molecule has 3 rings (SSSR count). The molecular weight excluding hydrogens is 439 g/mol. The van der Waals surface area contributed by atoms with Gasteiger partial charge in [-0.25, -0.2) is 13.0 Å². The van der Waals surface area contributed by atoms with Crippen LogP contribution in [0, 0.1) is 10.1 Å². The number of non-ortho nitro benzene ring substituents is 1. The van der Waals surface area contributed by atoms with Gasteiger partial charge in [0, 0.05) is 12.1 Å². The minimum atomic E-state index is -4.64. The van der Waals surface area contributed by atoms with Crippen LogP contribution in [-0.2, 0) is 14.6 Å². The van der Waals surface area contributed by atoms with E-state index < -0.39 is 28.3 Å². The van der Waals surface area contributed by atoms with Gasteiger partial charge < -0.3 is 9.42 Å². The Labute approximate surface area is 170 Å². The number of nitro benzene ring substituents is 1. The Hall–Kier alpha value is -2.56. The molecule has 0 saturated heterocycles. The van der Waals surface area contributed by atoms with E-state index in [0.29, 0.717) is 0 Å².